The van der Waals surface area contributed by atoms with Crippen molar-refractivity contribution in [2.24, 2.45) is 0 Å². The highest BCUT2D eigenvalue weighted by Crippen LogP contribution is 2.33. The zero-order chi connectivity index (χ0) is 16.0. The molecule has 1 saturated carbocycles. The summed E-state index contributed by atoms with van der Waals surface area (Å²) in [6.07, 6.45) is 11.1. The maximum Gasteiger partial charge on any atom is 0.0828 e. The predicted octanol–water partition coefficient (Wildman–Crippen LogP) is 6.56. The van der Waals surface area contributed by atoms with Crippen LogP contribution in [0.1, 0.15) is 96.3 Å². The zero-order valence-corrected chi connectivity index (χ0v) is 15.0. The first kappa shape index (κ1) is 17.5. The van der Waals surface area contributed by atoms with E-state index in [-0.39, 0.29) is 5.41 Å². The molecule has 0 heterocycles. The normalized spacial score (nSPS) is 17.3. The van der Waals surface area contributed by atoms with Gasteiger partial charge >= 0.3 is 0 Å². The molecule has 0 saturated heterocycles. The van der Waals surface area contributed by atoms with Gasteiger partial charge in [-0.2, -0.15) is 0 Å². The van der Waals surface area contributed by atoms with Crippen molar-refractivity contribution < 1.29 is 4.74 Å². The predicted molar refractivity (Wildman–Crippen MR) is 95.4 cm³/mol. The largest absolute Gasteiger partial charge is 0.370 e. The Morgan fingerprint density at radius 2 is 1.73 bits per heavy atom. The summed E-state index contributed by atoms with van der Waals surface area (Å²) >= 11 is 0. The van der Waals surface area contributed by atoms with E-state index in [2.05, 4.69) is 52.0 Å². The molecular weight excluding hydrogens is 268 g/mol. The van der Waals surface area contributed by atoms with Crippen molar-refractivity contribution in [3.8, 4) is 0 Å². The van der Waals surface area contributed by atoms with Gasteiger partial charge in [0.15, 0.2) is 0 Å². The quantitative estimate of drug-likeness (QED) is 0.494. The first-order valence-corrected chi connectivity index (χ1v) is 9.26. The van der Waals surface area contributed by atoms with E-state index >= 15 is 0 Å². The van der Waals surface area contributed by atoms with Gasteiger partial charge in [-0.3, -0.25) is 0 Å². The third-order valence-electron chi connectivity index (χ3n) is 4.88. The first-order chi connectivity index (χ1) is 10.5. The van der Waals surface area contributed by atoms with Crippen molar-refractivity contribution >= 4 is 0 Å². The Hall–Kier alpha value is -0.820. The van der Waals surface area contributed by atoms with E-state index in [0.717, 1.165) is 0 Å². The van der Waals surface area contributed by atoms with Gasteiger partial charge < -0.3 is 4.74 Å². The fraction of sp³-hybridized carbons (Fsp3) is 0.714. The molecule has 0 unspecified atom stereocenters. The van der Waals surface area contributed by atoms with E-state index in [1.165, 1.54) is 62.5 Å². The molecule has 0 aromatic heterocycles. The summed E-state index contributed by atoms with van der Waals surface area (Å²) in [6.45, 7) is 9.09. The molecule has 0 radical (unpaired) electrons. The fourth-order valence-corrected chi connectivity index (χ4v) is 3.01. The van der Waals surface area contributed by atoms with Crippen LogP contribution in [0.15, 0.2) is 24.3 Å². The van der Waals surface area contributed by atoms with Crippen LogP contribution in [0.5, 0.6) is 0 Å². The lowest BCUT2D eigenvalue weighted by atomic mass is 9.86. The van der Waals surface area contributed by atoms with E-state index in [9.17, 15) is 0 Å². The molecule has 0 spiro atoms. The zero-order valence-electron chi connectivity index (χ0n) is 15.0. The summed E-state index contributed by atoms with van der Waals surface area (Å²) in [5.74, 6) is 0. The van der Waals surface area contributed by atoms with E-state index < -0.39 is 0 Å². The second kappa shape index (κ2) is 8.15. The Bertz CT molecular complexity index is 422. The monoisotopic (exact) mass is 302 g/mol. The molecule has 1 fully saturated rings. The smallest absolute Gasteiger partial charge is 0.0828 e. The van der Waals surface area contributed by atoms with Gasteiger partial charge in [0.1, 0.15) is 0 Å². The van der Waals surface area contributed by atoms with E-state index in [0.29, 0.717) is 12.2 Å². The molecule has 22 heavy (non-hydrogen) atoms. The van der Waals surface area contributed by atoms with Crippen molar-refractivity contribution in [1.29, 1.82) is 0 Å². The number of unbranched alkanes of at least 4 members (excludes halogenated alkanes) is 3. The van der Waals surface area contributed by atoms with E-state index in [1.807, 2.05) is 0 Å². The first-order valence-electron chi connectivity index (χ1n) is 9.26. The molecule has 124 valence electrons. The summed E-state index contributed by atoms with van der Waals surface area (Å²) in [6, 6.07) is 9.17. The fourth-order valence-electron chi connectivity index (χ4n) is 3.01. The molecule has 0 amide bonds. The van der Waals surface area contributed by atoms with Crippen molar-refractivity contribution in [3.63, 3.8) is 0 Å². The standard InChI is InChI=1S/C21H34O/c1-5-6-7-8-12-20(22-19-10-9-11-19)17-13-15-18(16-14-17)21(2,3)4/h13-16,19-20H,5-12H2,1-4H3/t20-/m0/s1. The maximum absolute atomic E-state index is 6.38. The lowest BCUT2D eigenvalue weighted by molar-refractivity contribution is -0.0571. The van der Waals surface area contributed by atoms with Gasteiger partial charge in [-0.05, 0) is 42.2 Å². The Labute approximate surface area is 137 Å². The Morgan fingerprint density at radius 1 is 1.05 bits per heavy atom. The van der Waals surface area contributed by atoms with E-state index in [1.54, 1.807) is 0 Å². The van der Waals surface area contributed by atoms with Gasteiger partial charge in [-0.15, -0.1) is 0 Å². The molecule has 1 nitrogen and oxygen atoms in total. The van der Waals surface area contributed by atoms with Crippen LogP contribution in [0.4, 0.5) is 0 Å². The molecule has 1 aromatic carbocycles. The van der Waals surface area contributed by atoms with Gasteiger partial charge in [0.2, 0.25) is 0 Å². The molecular formula is C21H34O. The highest BCUT2D eigenvalue weighted by molar-refractivity contribution is 5.28. The van der Waals surface area contributed by atoms with Gasteiger partial charge in [0.05, 0.1) is 12.2 Å². The number of ether oxygens (including phenoxy) is 1. The van der Waals surface area contributed by atoms with Crippen LogP contribution in [-0.2, 0) is 10.2 Å². The van der Waals surface area contributed by atoms with Crippen LogP contribution in [0.25, 0.3) is 0 Å². The molecule has 1 aliphatic carbocycles. The van der Waals surface area contributed by atoms with Gasteiger partial charge in [-0.25, -0.2) is 0 Å². The summed E-state index contributed by atoms with van der Waals surface area (Å²) in [5.41, 5.74) is 3.00. The molecule has 0 aliphatic heterocycles. The maximum atomic E-state index is 6.38. The summed E-state index contributed by atoms with van der Waals surface area (Å²) in [7, 11) is 0. The van der Waals surface area contributed by atoms with Crippen LogP contribution in [0.3, 0.4) is 0 Å². The van der Waals surface area contributed by atoms with Crippen LogP contribution in [0, 0.1) is 0 Å². The second-order valence-corrected chi connectivity index (χ2v) is 7.90. The van der Waals surface area contributed by atoms with Gasteiger partial charge in [0.25, 0.3) is 0 Å². The molecule has 1 aliphatic rings. The summed E-state index contributed by atoms with van der Waals surface area (Å²) < 4.78 is 6.38. The third kappa shape index (κ3) is 5.12. The lowest BCUT2D eigenvalue weighted by Gasteiger charge is -2.31. The molecule has 1 heteroatoms. The average molecular weight is 303 g/mol. The van der Waals surface area contributed by atoms with Crippen LogP contribution in [0.2, 0.25) is 0 Å². The topological polar surface area (TPSA) is 9.23 Å². The second-order valence-electron chi connectivity index (χ2n) is 7.90. The SMILES string of the molecule is CCCCCC[C@H](OC1CCC1)c1ccc(C(C)(C)C)cc1. The minimum Gasteiger partial charge on any atom is -0.370 e. The van der Waals surface area contributed by atoms with Crippen molar-refractivity contribution in [1.82, 2.24) is 0 Å². The number of hydrogen-bond donors (Lipinski definition) is 0. The lowest BCUT2D eigenvalue weighted by Crippen LogP contribution is -2.24. The third-order valence-corrected chi connectivity index (χ3v) is 4.88. The van der Waals surface area contributed by atoms with Crippen LogP contribution in [-0.4, -0.2) is 6.10 Å². The van der Waals surface area contributed by atoms with Crippen molar-refractivity contribution in [3.05, 3.63) is 35.4 Å². The van der Waals surface area contributed by atoms with Crippen LogP contribution >= 0.6 is 0 Å². The minimum atomic E-state index is 0.226. The summed E-state index contributed by atoms with van der Waals surface area (Å²) in [5, 5.41) is 0. The molecule has 2 rings (SSSR count). The van der Waals surface area contributed by atoms with Crippen molar-refractivity contribution in [2.75, 3.05) is 0 Å². The number of benzene rings is 1. The molecule has 0 N–H and O–H groups in total. The molecule has 1 atom stereocenters. The molecule has 1 aromatic rings. The van der Waals surface area contributed by atoms with E-state index in [4.69, 9.17) is 4.74 Å². The van der Waals surface area contributed by atoms with Gasteiger partial charge in [0, 0.05) is 0 Å². The summed E-state index contributed by atoms with van der Waals surface area (Å²) in [4.78, 5) is 0. The van der Waals surface area contributed by atoms with Crippen LogP contribution < -0.4 is 0 Å². The average Bonchev–Trinajstić information content (AvgIpc) is 2.44. The number of rotatable bonds is 8. The van der Waals surface area contributed by atoms with Crippen molar-refractivity contribution in [2.45, 2.75) is 96.7 Å². The Morgan fingerprint density at radius 3 is 2.23 bits per heavy atom. The Balaban J connectivity index is 1.99. The highest BCUT2D eigenvalue weighted by atomic mass is 16.5. The minimum absolute atomic E-state index is 0.226. The molecule has 0 bridgehead atoms. The number of hydrogen-bond acceptors (Lipinski definition) is 1. The van der Waals surface area contributed by atoms with Gasteiger partial charge in [-0.1, -0.05) is 77.6 Å². The highest BCUT2D eigenvalue weighted by Gasteiger charge is 2.23. The Kier molecular flexibility index (Phi) is 6.50.